The van der Waals surface area contributed by atoms with Gasteiger partial charge in [-0.15, -0.1) is 0 Å². The molecular formula is C7H10Zr. The van der Waals surface area contributed by atoms with Crippen molar-refractivity contribution in [1.82, 2.24) is 0 Å². The Balaban J connectivity index is 0. The smallest absolute Gasteiger partial charge is 0.346 e. The third-order valence-corrected chi connectivity index (χ3v) is 0.556. The van der Waals surface area contributed by atoms with Crippen LogP contribution in [0.1, 0.15) is 6.92 Å². The Morgan fingerprint density at radius 2 is 1.50 bits per heavy atom. The molecule has 1 aromatic rings. The van der Waals surface area contributed by atoms with Gasteiger partial charge in [-0.2, -0.15) is 25.1 Å². The Morgan fingerprint density at radius 1 is 1.12 bits per heavy atom. The van der Waals surface area contributed by atoms with Crippen molar-refractivity contribution in [2.45, 2.75) is 6.92 Å². The Bertz CT molecular complexity index is 60.9. The number of hydrogen-bond acceptors (Lipinski definition) is 0. The zero-order valence-electron chi connectivity index (χ0n) is 5.09. The normalized spacial score (nSPS) is 5.75. The summed E-state index contributed by atoms with van der Waals surface area (Å²) in [5.74, 6) is 0. The molecule has 0 aliphatic rings. The van der Waals surface area contributed by atoms with Gasteiger partial charge in [0.15, 0.2) is 0 Å². The van der Waals surface area contributed by atoms with Gasteiger partial charge in [-0.1, -0.05) is 0 Å². The van der Waals surface area contributed by atoms with Gasteiger partial charge in [-0.25, -0.2) is 12.1 Å². The molecule has 0 heterocycles. The molecular weight excluding hydrogens is 175 g/mol. The van der Waals surface area contributed by atoms with Crippen LogP contribution >= 0.6 is 0 Å². The molecule has 0 atom stereocenters. The van der Waals surface area contributed by atoms with Crippen LogP contribution in [0, 0.1) is 6.92 Å². The van der Waals surface area contributed by atoms with Gasteiger partial charge in [0, 0.05) is 0 Å². The van der Waals surface area contributed by atoms with Crippen LogP contribution in [0.4, 0.5) is 0 Å². The maximum atomic E-state index is 3.25. The molecule has 0 radical (unpaired) electrons. The van der Waals surface area contributed by atoms with Crippen LogP contribution in [0.2, 0.25) is 0 Å². The zero-order valence-corrected chi connectivity index (χ0v) is 7.55. The standard InChI is InChI=1S/C5H5.C2H5.Zr/c1-2-4-5-3-1;1-2;/h1-5H;1H2,2H3;/q2*-1;+2. The van der Waals surface area contributed by atoms with E-state index in [2.05, 4.69) is 6.92 Å². The molecule has 1 heteroatoms. The van der Waals surface area contributed by atoms with Crippen molar-refractivity contribution in [3.8, 4) is 0 Å². The first-order valence-electron chi connectivity index (χ1n) is 2.37. The van der Waals surface area contributed by atoms with E-state index in [9.17, 15) is 0 Å². The summed E-state index contributed by atoms with van der Waals surface area (Å²) in [6.45, 7) is 5.00. The molecule has 0 aromatic heterocycles. The van der Waals surface area contributed by atoms with Crippen LogP contribution in [0.3, 0.4) is 0 Å². The minimum absolute atomic E-state index is 0. The summed E-state index contributed by atoms with van der Waals surface area (Å²) in [6, 6.07) is 10.0. The predicted molar refractivity (Wildman–Crippen MR) is 33.1 cm³/mol. The van der Waals surface area contributed by atoms with Gasteiger partial charge < -0.3 is 6.92 Å². The Labute approximate surface area is 70.4 Å². The Kier molecular flexibility index (Phi) is 14.2. The van der Waals surface area contributed by atoms with Crippen LogP contribution in [-0.4, -0.2) is 0 Å². The molecule has 8 heavy (non-hydrogen) atoms. The van der Waals surface area contributed by atoms with Gasteiger partial charge in [0.25, 0.3) is 0 Å². The summed E-state index contributed by atoms with van der Waals surface area (Å²) in [7, 11) is 0. The van der Waals surface area contributed by atoms with Crippen molar-refractivity contribution in [1.29, 1.82) is 0 Å². The summed E-state index contributed by atoms with van der Waals surface area (Å²) < 4.78 is 0. The van der Waals surface area contributed by atoms with Crippen molar-refractivity contribution in [3.63, 3.8) is 0 Å². The monoisotopic (exact) mass is 184 g/mol. The number of hydrogen-bond donors (Lipinski definition) is 0. The fourth-order valence-corrected chi connectivity index (χ4v) is 0.321. The third kappa shape index (κ3) is 6.23. The molecule has 0 unspecified atom stereocenters. The van der Waals surface area contributed by atoms with E-state index >= 15 is 0 Å². The van der Waals surface area contributed by atoms with Crippen LogP contribution in [0.5, 0.6) is 0 Å². The molecule has 0 nitrogen and oxygen atoms in total. The quantitative estimate of drug-likeness (QED) is 0.544. The first kappa shape index (κ1) is 11.1. The average molecular weight is 185 g/mol. The first-order valence-corrected chi connectivity index (χ1v) is 2.37. The van der Waals surface area contributed by atoms with E-state index in [0.29, 0.717) is 0 Å². The molecule has 0 saturated carbocycles. The van der Waals surface area contributed by atoms with Crippen LogP contribution in [0.15, 0.2) is 30.3 Å². The van der Waals surface area contributed by atoms with E-state index in [0.717, 1.165) is 0 Å². The molecule has 0 spiro atoms. The second-order valence-electron chi connectivity index (χ2n) is 0.962. The van der Waals surface area contributed by atoms with E-state index in [4.69, 9.17) is 0 Å². The van der Waals surface area contributed by atoms with Crippen molar-refractivity contribution in [3.05, 3.63) is 37.3 Å². The maximum Gasteiger partial charge on any atom is 2.00 e. The van der Waals surface area contributed by atoms with Crippen LogP contribution in [0.25, 0.3) is 0 Å². The van der Waals surface area contributed by atoms with Crippen molar-refractivity contribution in [2.75, 3.05) is 0 Å². The van der Waals surface area contributed by atoms with Gasteiger partial charge in [0.1, 0.15) is 0 Å². The first-order chi connectivity index (χ1) is 3.50. The molecule has 0 saturated heterocycles. The summed E-state index contributed by atoms with van der Waals surface area (Å²) in [5, 5.41) is 0. The van der Waals surface area contributed by atoms with Crippen molar-refractivity contribution in [2.24, 2.45) is 0 Å². The van der Waals surface area contributed by atoms with Crippen LogP contribution in [-0.2, 0) is 26.2 Å². The third-order valence-electron chi connectivity index (χ3n) is 0.556. The largest absolute Gasteiger partial charge is 2.00 e. The SMILES string of the molecule is [CH2-]C.[Zr+2].c1cc[cH-]c1. The summed E-state index contributed by atoms with van der Waals surface area (Å²) >= 11 is 0. The van der Waals surface area contributed by atoms with Gasteiger partial charge in [-0.3, -0.25) is 0 Å². The summed E-state index contributed by atoms with van der Waals surface area (Å²) in [6.07, 6.45) is 0. The van der Waals surface area contributed by atoms with E-state index in [-0.39, 0.29) is 26.2 Å². The topological polar surface area (TPSA) is 0 Å². The maximum absolute atomic E-state index is 3.25. The molecule has 0 amide bonds. The number of rotatable bonds is 0. The van der Waals surface area contributed by atoms with E-state index in [1.807, 2.05) is 30.3 Å². The summed E-state index contributed by atoms with van der Waals surface area (Å²) in [5.41, 5.74) is 0. The zero-order chi connectivity index (χ0) is 5.54. The molecule has 1 aromatic carbocycles. The molecule has 0 aliphatic heterocycles. The van der Waals surface area contributed by atoms with Gasteiger partial charge in [0.05, 0.1) is 0 Å². The molecule has 0 aliphatic carbocycles. The second kappa shape index (κ2) is 10.3. The van der Waals surface area contributed by atoms with Gasteiger partial charge in [0.2, 0.25) is 0 Å². The van der Waals surface area contributed by atoms with Crippen molar-refractivity contribution < 1.29 is 26.2 Å². The minimum Gasteiger partial charge on any atom is -0.346 e. The molecule has 0 bridgehead atoms. The molecule has 0 fully saturated rings. The van der Waals surface area contributed by atoms with Gasteiger partial charge >= 0.3 is 26.2 Å². The van der Waals surface area contributed by atoms with Crippen LogP contribution < -0.4 is 0 Å². The minimum atomic E-state index is 0. The Morgan fingerprint density at radius 3 is 1.62 bits per heavy atom. The van der Waals surface area contributed by atoms with Gasteiger partial charge in [-0.05, 0) is 0 Å². The molecule has 42 valence electrons. The molecule has 1 rings (SSSR count). The average Bonchev–Trinajstić information content (AvgIpc) is 2.23. The van der Waals surface area contributed by atoms with Crippen molar-refractivity contribution >= 4 is 0 Å². The second-order valence-corrected chi connectivity index (χ2v) is 0.962. The van der Waals surface area contributed by atoms with E-state index < -0.39 is 0 Å². The van der Waals surface area contributed by atoms with E-state index in [1.165, 1.54) is 0 Å². The van der Waals surface area contributed by atoms with E-state index in [1.54, 1.807) is 6.92 Å². The predicted octanol–water partition coefficient (Wildman–Crippen LogP) is 2.24. The fourth-order valence-electron chi connectivity index (χ4n) is 0.321. The Hall–Kier alpha value is 0.233. The fraction of sp³-hybridized carbons (Fsp3) is 0.143. The molecule has 0 N–H and O–H groups in total. The summed E-state index contributed by atoms with van der Waals surface area (Å²) in [4.78, 5) is 0.